The van der Waals surface area contributed by atoms with Crippen LogP contribution in [-0.4, -0.2) is 19.6 Å². The summed E-state index contributed by atoms with van der Waals surface area (Å²) in [7, 11) is 1.58. The van der Waals surface area contributed by atoms with Gasteiger partial charge in [-0.1, -0.05) is 41.9 Å². The number of aryl methyl sites for hydroxylation is 1. The van der Waals surface area contributed by atoms with Crippen molar-refractivity contribution in [2.24, 2.45) is 0 Å². The molecule has 150 valence electrons. The Bertz CT molecular complexity index is 977. The first-order valence-electron chi connectivity index (χ1n) is 9.20. The summed E-state index contributed by atoms with van der Waals surface area (Å²) in [4.78, 5) is 12.2. The fourth-order valence-corrected chi connectivity index (χ4v) is 2.93. The first-order chi connectivity index (χ1) is 14.0. The van der Waals surface area contributed by atoms with Crippen LogP contribution in [-0.2, 0) is 11.3 Å². The molecular weight excluding hydrogens is 388 g/mol. The van der Waals surface area contributed by atoms with Crippen molar-refractivity contribution < 1.29 is 14.3 Å². The molecule has 0 aliphatic heterocycles. The first-order valence-corrected chi connectivity index (χ1v) is 9.57. The highest BCUT2D eigenvalue weighted by Gasteiger charge is 2.10. The van der Waals surface area contributed by atoms with Gasteiger partial charge in [-0.2, -0.15) is 0 Å². The van der Waals surface area contributed by atoms with Crippen molar-refractivity contribution in [2.75, 3.05) is 24.4 Å². The molecule has 0 aromatic heterocycles. The molecule has 2 N–H and O–H groups in total. The van der Waals surface area contributed by atoms with Gasteiger partial charge in [-0.25, -0.2) is 0 Å². The quantitative estimate of drug-likeness (QED) is 0.530. The van der Waals surface area contributed by atoms with E-state index in [1.165, 1.54) is 0 Å². The summed E-state index contributed by atoms with van der Waals surface area (Å²) in [5.74, 6) is 0.810. The number of rotatable bonds is 8. The lowest BCUT2D eigenvalue weighted by Crippen LogP contribution is -2.20. The van der Waals surface area contributed by atoms with Crippen molar-refractivity contribution in [3.63, 3.8) is 0 Å². The number of hydrogen-bond acceptors (Lipinski definition) is 4. The second kappa shape index (κ2) is 9.85. The molecule has 1 amide bonds. The highest BCUT2D eigenvalue weighted by Crippen LogP contribution is 2.28. The molecule has 0 atom stereocenters. The molecule has 3 aromatic carbocycles. The van der Waals surface area contributed by atoms with Crippen LogP contribution in [0, 0.1) is 6.92 Å². The van der Waals surface area contributed by atoms with Gasteiger partial charge in [0.2, 0.25) is 0 Å². The second-order valence-corrected chi connectivity index (χ2v) is 6.94. The van der Waals surface area contributed by atoms with Crippen LogP contribution in [0.4, 0.5) is 11.4 Å². The molecule has 5 nitrogen and oxygen atoms in total. The van der Waals surface area contributed by atoms with E-state index in [0.29, 0.717) is 28.8 Å². The van der Waals surface area contributed by atoms with Gasteiger partial charge in [-0.3, -0.25) is 4.79 Å². The largest absolute Gasteiger partial charge is 0.493 e. The van der Waals surface area contributed by atoms with Crippen LogP contribution in [0.1, 0.15) is 11.1 Å². The lowest BCUT2D eigenvalue weighted by atomic mass is 10.2. The molecule has 0 saturated carbocycles. The molecule has 6 heteroatoms. The molecule has 0 bridgehead atoms. The summed E-state index contributed by atoms with van der Waals surface area (Å²) in [6.07, 6.45) is 0. The van der Waals surface area contributed by atoms with E-state index in [4.69, 9.17) is 21.1 Å². The summed E-state index contributed by atoms with van der Waals surface area (Å²) in [5.41, 5.74) is 3.67. The van der Waals surface area contributed by atoms with Crippen LogP contribution >= 0.6 is 11.6 Å². The Morgan fingerprint density at radius 3 is 2.55 bits per heavy atom. The molecule has 0 spiro atoms. The lowest BCUT2D eigenvalue weighted by Gasteiger charge is -2.14. The first kappa shape index (κ1) is 20.6. The number of carbonyl (C=O) groups is 1. The Labute approximate surface area is 175 Å². The number of methoxy groups -OCH3 is 1. The van der Waals surface area contributed by atoms with Gasteiger partial charge in [0, 0.05) is 22.9 Å². The molecule has 29 heavy (non-hydrogen) atoms. The standard InChI is InChI=1S/C23H23ClN2O3/c1-16-8-10-18(24)13-20(16)26-23(27)15-29-21-11-9-17(12-22(21)28-2)14-25-19-6-4-3-5-7-19/h3-13,25H,14-15H2,1-2H3,(H,26,27). The molecule has 0 saturated heterocycles. The summed E-state index contributed by atoms with van der Waals surface area (Å²) in [6.45, 7) is 2.41. The molecule has 3 aromatic rings. The van der Waals surface area contributed by atoms with Crippen LogP contribution in [0.15, 0.2) is 66.7 Å². The molecule has 0 heterocycles. The van der Waals surface area contributed by atoms with E-state index < -0.39 is 0 Å². The predicted octanol–water partition coefficient (Wildman–Crippen LogP) is 5.29. The van der Waals surface area contributed by atoms with Gasteiger partial charge in [0.05, 0.1) is 7.11 Å². The van der Waals surface area contributed by atoms with Gasteiger partial charge in [0.1, 0.15) is 0 Å². The number of carbonyl (C=O) groups excluding carboxylic acids is 1. The van der Waals surface area contributed by atoms with E-state index in [2.05, 4.69) is 10.6 Å². The van der Waals surface area contributed by atoms with Crippen molar-refractivity contribution in [3.05, 3.63) is 82.9 Å². The number of benzene rings is 3. The maximum Gasteiger partial charge on any atom is 0.262 e. The summed E-state index contributed by atoms with van der Waals surface area (Å²) in [6, 6.07) is 20.9. The summed E-state index contributed by atoms with van der Waals surface area (Å²) < 4.78 is 11.1. The van der Waals surface area contributed by atoms with Crippen molar-refractivity contribution >= 4 is 28.9 Å². The topological polar surface area (TPSA) is 59.6 Å². The number of anilines is 2. The van der Waals surface area contributed by atoms with Gasteiger partial charge < -0.3 is 20.1 Å². The number of halogens is 1. The molecule has 0 fully saturated rings. The lowest BCUT2D eigenvalue weighted by molar-refractivity contribution is -0.118. The number of nitrogens with one attached hydrogen (secondary N) is 2. The predicted molar refractivity (Wildman–Crippen MR) is 117 cm³/mol. The fraction of sp³-hybridized carbons (Fsp3) is 0.174. The third-order valence-corrected chi connectivity index (χ3v) is 4.57. The Balaban J connectivity index is 1.58. The molecule has 3 rings (SSSR count). The maximum absolute atomic E-state index is 12.2. The third-order valence-electron chi connectivity index (χ3n) is 4.33. The average Bonchev–Trinajstić information content (AvgIpc) is 2.74. The van der Waals surface area contributed by atoms with Gasteiger partial charge in [-0.05, 0) is 54.4 Å². The van der Waals surface area contributed by atoms with Crippen LogP contribution < -0.4 is 20.1 Å². The fourth-order valence-electron chi connectivity index (χ4n) is 2.76. The number of hydrogen-bond donors (Lipinski definition) is 2. The molecule has 0 aliphatic rings. The third kappa shape index (κ3) is 5.90. The van der Waals surface area contributed by atoms with Gasteiger partial charge in [0.25, 0.3) is 5.91 Å². The van der Waals surface area contributed by atoms with Crippen molar-refractivity contribution in [1.29, 1.82) is 0 Å². The van der Waals surface area contributed by atoms with Gasteiger partial charge in [0.15, 0.2) is 18.1 Å². The highest BCUT2D eigenvalue weighted by atomic mass is 35.5. The Kier molecular flexibility index (Phi) is 6.98. The Morgan fingerprint density at radius 1 is 1.00 bits per heavy atom. The molecule has 0 unspecified atom stereocenters. The van der Waals surface area contributed by atoms with Crippen LogP contribution in [0.25, 0.3) is 0 Å². The van der Waals surface area contributed by atoms with Crippen molar-refractivity contribution in [2.45, 2.75) is 13.5 Å². The summed E-state index contributed by atoms with van der Waals surface area (Å²) in [5, 5.41) is 6.72. The van der Waals surface area contributed by atoms with Crippen molar-refractivity contribution in [3.8, 4) is 11.5 Å². The Morgan fingerprint density at radius 2 is 1.79 bits per heavy atom. The van der Waals surface area contributed by atoms with Crippen LogP contribution in [0.2, 0.25) is 5.02 Å². The molecule has 0 radical (unpaired) electrons. The molecular formula is C23H23ClN2O3. The number of amides is 1. The van der Waals surface area contributed by atoms with E-state index in [9.17, 15) is 4.79 Å². The van der Waals surface area contributed by atoms with E-state index in [1.807, 2.05) is 55.5 Å². The zero-order chi connectivity index (χ0) is 20.6. The second-order valence-electron chi connectivity index (χ2n) is 6.50. The minimum absolute atomic E-state index is 0.135. The van der Waals surface area contributed by atoms with Crippen LogP contribution in [0.5, 0.6) is 11.5 Å². The number of para-hydroxylation sites is 1. The number of ether oxygens (including phenoxy) is 2. The van der Waals surface area contributed by atoms with E-state index >= 15 is 0 Å². The zero-order valence-corrected chi connectivity index (χ0v) is 17.1. The van der Waals surface area contributed by atoms with Crippen LogP contribution in [0.3, 0.4) is 0 Å². The average molecular weight is 411 g/mol. The Hall–Kier alpha value is -3.18. The smallest absolute Gasteiger partial charge is 0.262 e. The highest BCUT2D eigenvalue weighted by molar-refractivity contribution is 6.31. The monoisotopic (exact) mass is 410 g/mol. The minimum atomic E-state index is -0.271. The van der Waals surface area contributed by atoms with Crippen molar-refractivity contribution in [1.82, 2.24) is 0 Å². The zero-order valence-electron chi connectivity index (χ0n) is 16.4. The normalized spacial score (nSPS) is 10.3. The van der Waals surface area contributed by atoms with Gasteiger partial charge in [-0.15, -0.1) is 0 Å². The van der Waals surface area contributed by atoms with Gasteiger partial charge >= 0.3 is 0 Å². The molecule has 0 aliphatic carbocycles. The van der Waals surface area contributed by atoms with E-state index in [0.717, 1.165) is 16.8 Å². The minimum Gasteiger partial charge on any atom is -0.493 e. The summed E-state index contributed by atoms with van der Waals surface area (Å²) >= 11 is 5.99. The van der Waals surface area contributed by atoms with E-state index in [-0.39, 0.29) is 12.5 Å². The van der Waals surface area contributed by atoms with E-state index in [1.54, 1.807) is 25.3 Å². The SMILES string of the molecule is COc1cc(CNc2ccccc2)ccc1OCC(=O)Nc1cc(Cl)ccc1C. The maximum atomic E-state index is 12.2.